The lowest BCUT2D eigenvalue weighted by molar-refractivity contribution is -0.0776. The lowest BCUT2D eigenvalue weighted by atomic mass is 9.84. The van der Waals surface area contributed by atoms with Gasteiger partial charge in [0, 0.05) is 43.6 Å². The number of nitrogens with zero attached hydrogens (tertiary/aromatic N) is 5. The molecule has 2 bridgehead atoms. The molecule has 0 saturated carbocycles. The lowest BCUT2D eigenvalue weighted by Crippen LogP contribution is -2.58. The van der Waals surface area contributed by atoms with Gasteiger partial charge in [-0.25, -0.2) is 27.8 Å². The summed E-state index contributed by atoms with van der Waals surface area (Å²) in [6.45, 7) is 6.01. The Labute approximate surface area is 226 Å². The molecule has 39 heavy (non-hydrogen) atoms. The van der Waals surface area contributed by atoms with Crippen LogP contribution in [0.2, 0.25) is 0 Å². The van der Waals surface area contributed by atoms with E-state index < -0.39 is 15.7 Å². The molecular formula is C26H31FN6O5S. The molecule has 2 aliphatic heterocycles. The molecule has 3 aromatic rings. The number of aromatic nitrogens is 4. The number of fused-ring (bicyclic) bond motifs is 2. The van der Waals surface area contributed by atoms with Crippen LogP contribution in [0, 0.1) is 24.6 Å². The molecule has 0 radical (unpaired) electrons. The van der Waals surface area contributed by atoms with E-state index in [1.807, 2.05) is 12.4 Å². The fourth-order valence-electron chi connectivity index (χ4n) is 5.08. The number of hydrogen-bond donors (Lipinski definition) is 1. The van der Waals surface area contributed by atoms with Gasteiger partial charge in [0.1, 0.15) is 18.2 Å². The lowest BCUT2D eigenvalue weighted by Gasteiger charge is -2.46. The van der Waals surface area contributed by atoms with Crippen molar-refractivity contribution in [3.63, 3.8) is 0 Å². The second-order valence-electron chi connectivity index (χ2n) is 9.85. The zero-order valence-corrected chi connectivity index (χ0v) is 23.0. The van der Waals surface area contributed by atoms with E-state index in [1.165, 1.54) is 19.5 Å². The Morgan fingerprint density at radius 2 is 1.82 bits per heavy atom. The first-order valence-electron chi connectivity index (χ1n) is 12.6. The normalized spacial score (nSPS) is 20.9. The Hall–Kier alpha value is -3.58. The Morgan fingerprint density at radius 1 is 1.13 bits per heavy atom. The standard InChI is InChI=1S/C26H31FN6O5S/c1-5-16-8-28-26(29-9-16)33-10-17-12-37-13-18(11-33)22(17)38-25-23(36-3)24(30-14-31-25)32-20-6-15(2)21(7-19(20)27)39(4,34)35/h6-9,14,17-18,22H,5,10-13H2,1-4H3,(H,30,31,32). The molecule has 13 heteroatoms. The highest BCUT2D eigenvalue weighted by molar-refractivity contribution is 7.90. The van der Waals surface area contributed by atoms with Crippen LogP contribution < -0.4 is 19.7 Å². The molecule has 2 aromatic heterocycles. The molecule has 4 heterocycles. The highest BCUT2D eigenvalue weighted by atomic mass is 32.2. The van der Waals surface area contributed by atoms with E-state index in [0.29, 0.717) is 37.8 Å². The van der Waals surface area contributed by atoms with Gasteiger partial charge < -0.3 is 24.4 Å². The highest BCUT2D eigenvalue weighted by Crippen LogP contribution is 2.38. The number of aryl methyl sites for hydroxylation is 2. The predicted octanol–water partition coefficient (Wildman–Crippen LogP) is 2.96. The van der Waals surface area contributed by atoms with E-state index in [1.54, 1.807) is 6.92 Å². The van der Waals surface area contributed by atoms with Gasteiger partial charge in [-0.1, -0.05) is 6.92 Å². The SMILES string of the molecule is CCc1cnc(N2CC3COCC(C2)C3Oc2ncnc(Nc3cc(C)c(S(C)(=O)=O)cc3F)c2OC)nc1. The van der Waals surface area contributed by atoms with Crippen molar-refractivity contribution in [3.8, 4) is 11.6 Å². The molecule has 1 N–H and O–H groups in total. The molecular weight excluding hydrogens is 527 g/mol. The van der Waals surface area contributed by atoms with Crippen LogP contribution in [0.15, 0.2) is 35.7 Å². The monoisotopic (exact) mass is 558 g/mol. The average molecular weight is 559 g/mol. The van der Waals surface area contributed by atoms with E-state index in [9.17, 15) is 12.8 Å². The number of rotatable bonds is 8. The van der Waals surface area contributed by atoms with Crippen LogP contribution in [-0.4, -0.2) is 74.1 Å². The summed E-state index contributed by atoms with van der Waals surface area (Å²) < 4.78 is 56.6. The Balaban J connectivity index is 1.37. The largest absolute Gasteiger partial charge is 0.489 e. The van der Waals surface area contributed by atoms with Crippen LogP contribution in [0.25, 0.3) is 0 Å². The molecule has 11 nitrogen and oxygen atoms in total. The van der Waals surface area contributed by atoms with E-state index in [-0.39, 0.29) is 46.0 Å². The molecule has 0 amide bonds. The summed E-state index contributed by atoms with van der Waals surface area (Å²) in [5.41, 5.74) is 1.54. The number of piperidine rings is 1. The second-order valence-corrected chi connectivity index (χ2v) is 11.8. The van der Waals surface area contributed by atoms with Crippen LogP contribution in [0.1, 0.15) is 18.1 Å². The van der Waals surface area contributed by atoms with Crippen LogP contribution in [0.3, 0.4) is 0 Å². The third kappa shape index (κ3) is 5.59. The third-order valence-corrected chi connectivity index (χ3v) is 8.26. The van der Waals surface area contributed by atoms with Crippen molar-refractivity contribution in [2.45, 2.75) is 31.3 Å². The molecule has 0 aliphatic carbocycles. The molecule has 208 valence electrons. The number of methoxy groups -OCH3 is 1. The molecule has 2 aliphatic rings. The summed E-state index contributed by atoms with van der Waals surface area (Å²) >= 11 is 0. The van der Waals surface area contributed by atoms with Gasteiger partial charge in [0.15, 0.2) is 15.7 Å². The minimum absolute atomic E-state index is 0.0339. The minimum Gasteiger partial charge on any atom is -0.489 e. The van der Waals surface area contributed by atoms with Crippen molar-refractivity contribution in [2.24, 2.45) is 11.8 Å². The van der Waals surface area contributed by atoms with E-state index >= 15 is 0 Å². The number of benzene rings is 1. The zero-order chi connectivity index (χ0) is 27.7. The third-order valence-electron chi connectivity index (χ3n) is 7.03. The first-order chi connectivity index (χ1) is 18.7. The van der Waals surface area contributed by atoms with Crippen molar-refractivity contribution in [1.29, 1.82) is 0 Å². The maximum absolute atomic E-state index is 14.9. The molecule has 0 spiro atoms. The minimum atomic E-state index is -3.57. The maximum Gasteiger partial charge on any atom is 0.262 e. The van der Waals surface area contributed by atoms with Crippen molar-refractivity contribution in [1.82, 2.24) is 19.9 Å². The summed E-state index contributed by atoms with van der Waals surface area (Å²) in [5.74, 6) is 0.639. The first-order valence-corrected chi connectivity index (χ1v) is 14.5. The van der Waals surface area contributed by atoms with Gasteiger partial charge in [-0.2, -0.15) is 4.98 Å². The van der Waals surface area contributed by atoms with Crippen LogP contribution in [0.5, 0.6) is 11.6 Å². The van der Waals surface area contributed by atoms with Gasteiger partial charge in [0.05, 0.1) is 30.9 Å². The van der Waals surface area contributed by atoms with Crippen molar-refractivity contribution in [2.75, 3.05) is 49.9 Å². The number of nitrogens with one attached hydrogen (secondary N) is 1. The number of halogens is 1. The predicted molar refractivity (Wildman–Crippen MR) is 142 cm³/mol. The van der Waals surface area contributed by atoms with Gasteiger partial charge in [0.2, 0.25) is 11.7 Å². The van der Waals surface area contributed by atoms with Crippen molar-refractivity contribution in [3.05, 3.63) is 47.8 Å². The number of hydrogen-bond acceptors (Lipinski definition) is 11. The van der Waals surface area contributed by atoms with Crippen LogP contribution in [-0.2, 0) is 21.0 Å². The van der Waals surface area contributed by atoms with Gasteiger partial charge in [-0.15, -0.1) is 0 Å². The van der Waals surface area contributed by atoms with Gasteiger partial charge >= 0.3 is 0 Å². The van der Waals surface area contributed by atoms with Gasteiger partial charge in [-0.05, 0) is 36.6 Å². The van der Waals surface area contributed by atoms with Crippen LogP contribution >= 0.6 is 0 Å². The maximum atomic E-state index is 14.9. The summed E-state index contributed by atoms with van der Waals surface area (Å²) in [5, 5.41) is 2.90. The zero-order valence-electron chi connectivity index (χ0n) is 22.2. The number of ether oxygens (including phenoxy) is 3. The molecule has 5 rings (SSSR count). The van der Waals surface area contributed by atoms with E-state index in [4.69, 9.17) is 14.2 Å². The molecule has 2 fully saturated rings. The first kappa shape index (κ1) is 27.0. The highest BCUT2D eigenvalue weighted by Gasteiger charge is 2.43. The van der Waals surface area contributed by atoms with Crippen molar-refractivity contribution < 1.29 is 27.0 Å². The fourth-order valence-corrected chi connectivity index (χ4v) is 6.04. The fraction of sp³-hybridized carbons (Fsp3) is 0.462. The molecule has 2 saturated heterocycles. The number of anilines is 3. The average Bonchev–Trinajstić information content (AvgIpc) is 2.90. The quantitative estimate of drug-likeness (QED) is 0.438. The van der Waals surface area contributed by atoms with E-state index in [0.717, 1.165) is 24.3 Å². The summed E-state index contributed by atoms with van der Waals surface area (Å²) in [6.07, 6.45) is 6.74. The Kier molecular flexibility index (Phi) is 7.54. The summed E-state index contributed by atoms with van der Waals surface area (Å²) in [4.78, 5) is 19.7. The molecule has 1 aromatic carbocycles. The van der Waals surface area contributed by atoms with Crippen LogP contribution in [0.4, 0.5) is 21.8 Å². The molecule has 2 atom stereocenters. The van der Waals surface area contributed by atoms with Gasteiger partial charge in [0.25, 0.3) is 5.88 Å². The summed E-state index contributed by atoms with van der Waals surface area (Å²) in [7, 11) is -2.12. The second kappa shape index (κ2) is 10.9. The van der Waals surface area contributed by atoms with E-state index in [2.05, 4.69) is 37.1 Å². The number of sulfone groups is 1. The Bertz CT molecular complexity index is 1440. The topological polar surface area (TPSA) is 129 Å². The Morgan fingerprint density at radius 3 is 2.44 bits per heavy atom. The molecule has 2 unspecified atom stereocenters. The van der Waals surface area contributed by atoms with Crippen molar-refractivity contribution >= 4 is 27.3 Å². The van der Waals surface area contributed by atoms with Gasteiger partial charge in [-0.3, -0.25) is 0 Å². The smallest absolute Gasteiger partial charge is 0.262 e. The summed E-state index contributed by atoms with van der Waals surface area (Å²) in [6, 6.07) is 2.41.